The summed E-state index contributed by atoms with van der Waals surface area (Å²) in [5.74, 6) is 0.0557. The maximum Gasteiger partial charge on any atom is 0.239 e. The largest absolute Gasteiger partial charge is 0.487 e. The summed E-state index contributed by atoms with van der Waals surface area (Å²) < 4.78 is 26.6. The van der Waals surface area contributed by atoms with Crippen LogP contribution in [0.3, 0.4) is 0 Å². The number of fused-ring (bicyclic) bond motifs is 2. The number of carbonyl (C=O) groups is 1. The molecule has 11 nitrogen and oxygen atoms in total. The third-order valence-electron chi connectivity index (χ3n) is 12.1. The normalized spacial score (nSPS) is 29.0. The van der Waals surface area contributed by atoms with E-state index in [1.54, 1.807) is 6.08 Å². The summed E-state index contributed by atoms with van der Waals surface area (Å²) in [4.78, 5) is 26.7. The number of hydrogen-bond donors (Lipinski definition) is 2. The van der Waals surface area contributed by atoms with Crippen molar-refractivity contribution >= 4 is 11.6 Å². The van der Waals surface area contributed by atoms with Gasteiger partial charge in [-0.05, 0) is 106 Å². The number of nitrogens with zero attached hydrogens (tertiary/aromatic N) is 3. The van der Waals surface area contributed by atoms with Crippen molar-refractivity contribution in [3.05, 3.63) is 77.7 Å². The van der Waals surface area contributed by atoms with Crippen LogP contribution in [-0.2, 0) is 25.7 Å². The van der Waals surface area contributed by atoms with Crippen LogP contribution in [0.25, 0.3) is 0 Å². The lowest BCUT2D eigenvalue weighted by atomic mass is 9.55. The van der Waals surface area contributed by atoms with Crippen LogP contribution in [0, 0.1) is 30.6 Å². The Morgan fingerprint density at radius 3 is 2.64 bits per heavy atom. The first-order valence-electron chi connectivity index (χ1n) is 20.5. The maximum atomic E-state index is 14.0. The van der Waals surface area contributed by atoms with E-state index >= 15 is 0 Å². The standard InChI is InChI=1S/C44H59N3O8/c1-4-23-53-44-39(47(3)43(50)30-17-18-30)27-37(46-55-40-16-7-10-24-51-40)35-25-31(13-5-8-21-48)34(15-6-9-22-49)41(42(35)44)36-26-33(19-20-38(36)54-44)52-28-32-14-11-12-29(2)45-32/h4,11-12,14,19-20,25-26,30-31,34,39-42,48-49H,1,5-10,13,15-18,21-24,27-28H2,2-3H3/t31-,34+,39-,40?,41+,42+,44+/m0/s1. The molecule has 2 aromatic rings. The second-order valence-corrected chi connectivity index (χ2v) is 16.0. The first kappa shape index (κ1) is 39.5. The lowest BCUT2D eigenvalue weighted by molar-refractivity contribution is -0.256. The zero-order chi connectivity index (χ0) is 38.4. The summed E-state index contributed by atoms with van der Waals surface area (Å²) in [6.45, 7) is 7.45. The Bertz CT molecular complexity index is 1700. The summed E-state index contributed by atoms with van der Waals surface area (Å²) in [6, 6.07) is 11.5. The Morgan fingerprint density at radius 2 is 1.91 bits per heavy atom. The summed E-state index contributed by atoms with van der Waals surface area (Å²) >= 11 is 0. The van der Waals surface area contributed by atoms with Crippen LogP contribution < -0.4 is 9.47 Å². The van der Waals surface area contributed by atoms with Gasteiger partial charge in [-0.1, -0.05) is 36.2 Å². The first-order chi connectivity index (χ1) is 26.9. The van der Waals surface area contributed by atoms with Crippen molar-refractivity contribution in [1.29, 1.82) is 0 Å². The molecule has 298 valence electrons. The molecule has 2 aliphatic heterocycles. The van der Waals surface area contributed by atoms with Gasteiger partial charge in [-0.3, -0.25) is 9.78 Å². The molecule has 2 saturated carbocycles. The monoisotopic (exact) mass is 757 g/mol. The predicted molar refractivity (Wildman–Crippen MR) is 208 cm³/mol. The van der Waals surface area contributed by atoms with Crippen molar-refractivity contribution in [3.63, 3.8) is 0 Å². The summed E-state index contributed by atoms with van der Waals surface area (Å²) in [5, 5.41) is 24.6. The zero-order valence-corrected chi connectivity index (χ0v) is 32.6. The minimum absolute atomic E-state index is 0.00608. The molecule has 3 fully saturated rings. The number of oxime groups is 1. The molecular weight excluding hydrogens is 698 g/mol. The topological polar surface area (TPSA) is 132 Å². The molecule has 11 heteroatoms. The van der Waals surface area contributed by atoms with E-state index in [-0.39, 0.29) is 55.3 Å². The molecule has 1 amide bonds. The number of ether oxygens (including phenoxy) is 4. The minimum Gasteiger partial charge on any atom is -0.487 e. The predicted octanol–water partition coefficient (Wildman–Crippen LogP) is 7.00. The van der Waals surface area contributed by atoms with Crippen molar-refractivity contribution < 1.29 is 38.8 Å². The molecule has 7 rings (SSSR count). The lowest BCUT2D eigenvalue weighted by Crippen LogP contribution is -2.69. The highest BCUT2D eigenvalue weighted by atomic mass is 16.8. The van der Waals surface area contributed by atoms with Gasteiger partial charge in [-0.15, -0.1) is 6.58 Å². The molecule has 0 radical (unpaired) electrons. The average Bonchev–Trinajstić information content (AvgIpc) is 4.06. The van der Waals surface area contributed by atoms with Crippen LogP contribution in [0.15, 0.2) is 65.9 Å². The van der Waals surface area contributed by atoms with Crippen molar-refractivity contribution in [2.24, 2.45) is 28.8 Å². The number of allylic oxidation sites excluding steroid dienone is 1. The Balaban J connectivity index is 1.38. The fourth-order valence-electron chi connectivity index (χ4n) is 9.34. The van der Waals surface area contributed by atoms with Gasteiger partial charge < -0.3 is 38.9 Å². The van der Waals surface area contributed by atoms with E-state index in [0.717, 1.165) is 86.0 Å². The van der Waals surface area contributed by atoms with Gasteiger partial charge in [0, 0.05) is 56.2 Å². The molecule has 0 bridgehead atoms. The molecule has 1 aromatic carbocycles. The second-order valence-electron chi connectivity index (χ2n) is 16.0. The van der Waals surface area contributed by atoms with Gasteiger partial charge >= 0.3 is 0 Å². The van der Waals surface area contributed by atoms with Gasteiger partial charge in [0.2, 0.25) is 18.0 Å². The fourth-order valence-corrected chi connectivity index (χ4v) is 9.34. The van der Waals surface area contributed by atoms with Crippen LogP contribution in [-0.4, -0.2) is 83.3 Å². The van der Waals surface area contributed by atoms with Crippen molar-refractivity contribution in [1.82, 2.24) is 9.88 Å². The van der Waals surface area contributed by atoms with E-state index < -0.39 is 18.1 Å². The van der Waals surface area contributed by atoms with E-state index in [0.29, 0.717) is 44.0 Å². The van der Waals surface area contributed by atoms with E-state index in [2.05, 4.69) is 23.7 Å². The smallest absolute Gasteiger partial charge is 0.239 e. The lowest BCUT2D eigenvalue weighted by Gasteiger charge is -2.59. The van der Waals surface area contributed by atoms with Gasteiger partial charge in [0.25, 0.3) is 0 Å². The summed E-state index contributed by atoms with van der Waals surface area (Å²) in [6.07, 6.45) is 13.5. The zero-order valence-electron chi connectivity index (χ0n) is 32.6. The Kier molecular flexibility index (Phi) is 12.9. The van der Waals surface area contributed by atoms with Gasteiger partial charge in [-0.2, -0.15) is 0 Å². The summed E-state index contributed by atoms with van der Waals surface area (Å²) in [5.41, 5.74) is 4.61. The molecular formula is C44H59N3O8. The number of likely N-dealkylation sites (N-methyl/N-ethyl adjacent to an activating group) is 1. The number of rotatable bonds is 18. The van der Waals surface area contributed by atoms with Crippen LogP contribution in [0.1, 0.15) is 99.9 Å². The maximum absolute atomic E-state index is 14.0. The van der Waals surface area contributed by atoms with E-state index in [9.17, 15) is 15.0 Å². The fraction of sp³-hybridized carbons (Fsp3) is 0.614. The number of pyridine rings is 1. The van der Waals surface area contributed by atoms with Crippen molar-refractivity contribution in [3.8, 4) is 11.5 Å². The number of carbonyl (C=O) groups excluding carboxylic acids is 1. The third kappa shape index (κ3) is 8.65. The van der Waals surface area contributed by atoms with Crippen LogP contribution in [0.4, 0.5) is 0 Å². The number of unbranched alkanes of at least 4 members (excludes halogenated alkanes) is 2. The van der Waals surface area contributed by atoms with E-state index in [1.165, 1.54) is 0 Å². The third-order valence-corrected chi connectivity index (χ3v) is 12.1. The minimum atomic E-state index is -1.25. The van der Waals surface area contributed by atoms with Gasteiger partial charge in [0.15, 0.2) is 0 Å². The number of benzene rings is 1. The highest BCUT2D eigenvalue weighted by Gasteiger charge is 2.65. The number of aromatic nitrogens is 1. The van der Waals surface area contributed by atoms with E-state index in [1.807, 2.05) is 49.2 Å². The molecule has 5 aliphatic rings. The molecule has 0 spiro atoms. The van der Waals surface area contributed by atoms with E-state index in [4.69, 9.17) is 28.9 Å². The van der Waals surface area contributed by atoms with Crippen LogP contribution >= 0.6 is 0 Å². The number of hydrogen-bond acceptors (Lipinski definition) is 10. The second kappa shape index (κ2) is 18.0. The van der Waals surface area contributed by atoms with Gasteiger partial charge in [0.1, 0.15) is 24.1 Å². The Labute approximate surface area is 325 Å². The molecule has 1 unspecified atom stereocenters. The van der Waals surface area contributed by atoms with Crippen molar-refractivity contribution in [2.45, 2.75) is 115 Å². The number of amides is 1. The highest BCUT2D eigenvalue weighted by Crippen LogP contribution is 2.62. The first-order valence-corrected chi connectivity index (χ1v) is 20.5. The average molecular weight is 758 g/mol. The van der Waals surface area contributed by atoms with Gasteiger partial charge in [0.05, 0.1) is 30.5 Å². The number of aryl methyl sites for hydroxylation is 1. The Morgan fingerprint density at radius 1 is 1.09 bits per heavy atom. The molecule has 55 heavy (non-hydrogen) atoms. The molecule has 2 N–H and O–H groups in total. The quantitative estimate of drug-likeness (QED) is 0.0938. The molecule has 1 aromatic heterocycles. The van der Waals surface area contributed by atoms with Crippen LogP contribution in [0.5, 0.6) is 11.5 Å². The molecule has 1 saturated heterocycles. The van der Waals surface area contributed by atoms with Crippen molar-refractivity contribution in [2.75, 3.05) is 33.5 Å². The van der Waals surface area contributed by atoms with Gasteiger partial charge in [-0.25, -0.2) is 0 Å². The summed E-state index contributed by atoms with van der Waals surface area (Å²) in [7, 11) is 1.88. The highest BCUT2D eigenvalue weighted by molar-refractivity contribution is 6.03. The van der Waals surface area contributed by atoms with Crippen LogP contribution in [0.2, 0.25) is 0 Å². The number of aliphatic hydroxyl groups is 2. The Hall–Kier alpha value is -3.77. The molecule has 3 heterocycles. The SMILES string of the molecule is C=CCO[C@@]12Oc3ccc(OCc4cccc(C)n4)cc3[C@H]3[C@H](CCCCO)[C@@H](CCCCO)C=C(C(=NOC4CCCCO4)C[C@@H]1N(C)C(=O)C1CC1)[C@H]32. The molecule has 7 atom stereocenters. The number of aliphatic hydroxyl groups excluding tert-OH is 2. The molecule has 3 aliphatic carbocycles.